The number of hydrogen-bond acceptors (Lipinski definition) is 7. The Labute approximate surface area is 104 Å². The highest BCUT2D eigenvalue weighted by Gasteiger charge is 2.17. The van der Waals surface area contributed by atoms with E-state index in [0.29, 0.717) is 11.8 Å². The number of aryl methyl sites for hydroxylation is 1. The maximum absolute atomic E-state index is 5.61. The molecule has 2 heterocycles. The van der Waals surface area contributed by atoms with Crippen LogP contribution in [0.4, 0.5) is 0 Å². The number of aromatic nitrogens is 4. The maximum atomic E-state index is 5.61. The van der Waals surface area contributed by atoms with Crippen LogP contribution in [0.25, 0.3) is 10.8 Å². The van der Waals surface area contributed by atoms with Gasteiger partial charge in [0.2, 0.25) is 5.89 Å². The summed E-state index contributed by atoms with van der Waals surface area (Å²) in [5, 5.41) is 15.3. The molecule has 0 bridgehead atoms. The van der Waals surface area contributed by atoms with Crippen LogP contribution >= 0.6 is 11.5 Å². The molecule has 0 saturated heterocycles. The highest BCUT2D eigenvalue weighted by atomic mass is 32.1. The first kappa shape index (κ1) is 12.1. The summed E-state index contributed by atoms with van der Waals surface area (Å²) in [5.41, 5.74) is 0.819. The van der Waals surface area contributed by atoms with Crippen molar-refractivity contribution in [1.82, 2.24) is 25.1 Å². The quantitative estimate of drug-likeness (QED) is 0.877. The van der Waals surface area contributed by atoms with E-state index in [4.69, 9.17) is 4.42 Å². The van der Waals surface area contributed by atoms with E-state index in [1.54, 1.807) is 0 Å². The molecule has 0 aliphatic carbocycles. The molecular formula is C10H15N5OS. The van der Waals surface area contributed by atoms with Crippen LogP contribution in [0.5, 0.6) is 0 Å². The largest absolute Gasteiger partial charge is 0.418 e. The standard InChI is InChI=1S/C10H15N5OS/c1-4-5-11-7(3)9-13-14-10(16-9)8-6(2)12-15-17-8/h7,11H,4-5H2,1-3H3. The van der Waals surface area contributed by atoms with Crippen LogP contribution in [0, 0.1) is 6.92 Å². The molecule has 1 unspecified atom stereocenters. The highest BCUT2D eigenvalue weighted by molar-refractivity contribution is 7.09. The Balaban J connectivity index is 2.13. The van der Waals surface area contributed by atoms with E-state index in [1.807, 2.05) is 13.8 Å². The Morgan fingerprint density at radius 3 is 2.82 bits per heavy atom. The molecule has 0 fully saturated rings. The lowest BCUT2D eigenvalue weighted by Crippen LogP contribution is -2.19. The van der Waals surface area contributed by atoms with E-state index in [2.05, 4.69) is 32.0 Å². The average Bonchev–Trinajstić information content (AvgIpc) is 2.93. The van der Waals surface area contributed by atoms with Crippen molar-refractivity contribution in [3.8, 4) is 10.8 Å². The Morgan fingerprint density at radius 2 is 2.18 bits per heavy atom. The molecule has 0 aliphatic heterocycles. The molecular weight excluding hydrogens is 238 g/mol. The molecule has 0 aliphatic rings. The topological polar surface area (TPSA) is 76.7 Å². The zero-order valence-electron chi connectivity index (χ0n) is 10.1. The van der Waals surface area contributed by atoms with E-state index >= 15 is 0 Å². The third-order valence-corrected chi connectivity index (χ3v) is 3.17. The van der Waals surface area contributed by atoms with Crippen molar-refractivity contribution in [3.63, 3.8) is 0 Å². The fourth-order valence-electron chi connectivity index (χ4n) is 1.38. The molecule has 0 amide bonds. The van der Waals surface area contributed by atoms with Crippen LogP contribution in [0.1, 0.15) is 37.9 Å². The van der Waals surface area contributed by atoms with E-state index in [9.17, 15) is 0 Å². The van der Waals surface area contributed by atoms with Gasteiger partial charge in [-0.15, -0.1) is 15.3 Å². The van der Waals surface area contributed by atoms with Crippen molar-refractivity contribution in [3.05, 3.63) is 11.6 Å². The maximum Gasteiger partial charge on any atom is 0.261 e. The Hall–Kier alpha value is -1.34. The van der Waals surface area contributed by atoms with Gasteiger partial charge in [-0.1, -0.05) is 11.4 Å². The summed E-state index contributed by atoms with van der Waals surface area (Å²) < 4.78 is 9.46. The number of nitrogens with one attached hydrogen (secondary N) is 1. The third kappa shape index (κ3) is 2.67. The number of hydrogen-bond donors (Lipinski definition) is 1. The summed E-state index contributed by atoms with van der Waals surface area (Å²) in [6.07, 6.45) is 1.07. The Kier molecular flexibility index (Phi) is 3.80. The average molecular weight is 253 g/mol. The summed E-state index contributed by atoms with van der Waals surface area (Å²) in [5.74, 6) is 1.10. The molecule has 92 valence electrons. The number of rotatable bonds is 5. The van der Waals surface area contributed by atoms with E-state index in [-0.39, 0.29) is 6.04 Å². The van der Waals surface area contributed by atoms with Gasteiger partial charge in [-0.25, -0.2) is 0 Å². The van der Waals surface area contributed by atoms with Crippen molar-refractivity contribution < 1.29 is 4.42 Å². The van der Waals surface area contributed by atoms with Gasteiger partial charge >= 0.3 is 0 Å². The van der Waals surface area contributed by atoms with Crippen molar-refractivity contribution >= 4 is 11.5 Å². The zero-order valence-corrected chi connectivity index (χ0v) is 10.9. The van der Waals surface area contributed by atoms with E-state index in [0.717, 1.165) is 23.5 Å². The predicted molar refractivity (Wildman–Crippen MR) is 64.6 cm³/mol. The van der Waals surface area contributed by atoms with Gasteiger partial charge in [-0.05, 0) is 38.3 Å². The predicted octanol–water partition coefficient (Wildman–Crippen LogP) is 1.96. The molecule has 1 N–H and O–H groups in total. The molecule has 0 aromatic carbocycles. The SMILES string of the molecule is CCCNC(C)c1nnc(-c2snnc2C)o1. The van der Waals surface area contributed by atoms with Gasteiger partial charge in [0, 0.05) is 0 Å². The van der Waals surface area contributed by atoms with Gasteiger partial charge in [0.1, 0.15) is 4.88 Å². The molecule has 2 aromatic rings. The minimum atomic E-state index is 0.0670. The summed E-state index contributed by atoms with van der Waals surface area (Å²) in [7, 11) is 0. The first-order valence-electron chi connectivity index (χ1n) is 5.58. The molecule has 7 heteroatoms. The minimum absolute atomic E-state index is 0.0670. The van der Waals surface area contributed by atoms with E-state index in [1.165, 1.54) is 11.5 Å². The molecule has 17 heavy (non-hydrogen) atoms. The Bertz CT molecular complexity index is 481. The fraction of sp³-hybridized carbons (Fsp3) is 0.600. The van der Waals surface area contributed by atoms with Gasteiger partial charge in [0.05, 0.1) is 11.7 Å². The first-order valence-corrected chi connectivity index (χ1v) is 6.35. The van der Waals surface area contributed by atoms with Crippen molar-refractivity contribution in [2.45, 2.75) is 33.2 Å². The lowest BCUT2D eigenvalue weighted by molar-refractivity contribution is 0.423. The van der Waals surface area contributed by atoms with Crippen molar-refractivity contribution in [2.75, 3.05) is 6.54 Å². The van der Waals surface area contributed by atoms with Gasteiger partial charge < -0.3 is 9.73 Å². The van der Waals surface area contributed by atoms with Crippen LogP contribution in [-0.4, -0.2) is 26.3 Å². The van der Waals surface area contributed by atoms with Crippen molar-refractivity contribution in [1.29, 1.82) is 0 Å². The molecule has 0 saturated carbocycles. The normalized spacial score (nSPS) is 12.9. The summed E-state index contributed by atoms with van der Waals surface area (Å²) >= 11 is 1.27. The highest BCUT2D eigenvalue weighted by Crippen LogP contribution is 2.25. The molecule has 2 rings (SSSR count). The van der Waals surface area contributed by atoms with Crippen molar-refractivity contribution in [2.24, 2.45) is 0 Å². The molecule has 0 radical (unpaired) electrons. The molecule has 2 aromatic heterocycles. The van der Waals surface area contributed by atoms with Crippen LogP contribution < -0.4 is 5.32 Å². The number of nitrogens with zero attached hydrogens (tertiary/aromatic N) is 4. The second-order valence-corrected chi connectivity index (χ2v) is 4.56. The fourth-order valence-corrected chi connectivity index (χ4v) is 1.96. The van der Waals surface area contributed by atoms with Crippen LogP contribution in [0.15, 0.2) is 4.42 Å². The second kappa shape index (κ2) is 5.33. The first-order chi connectivity index (χ1) is 8.22. The van der Waals surface area contributed by atoms with E-state index < -0.39 is 0 Å². The Morgan fingerprint density at radius 1 is 1.35 bits per heavy atom. The van der Waals surface area contributed by atoms with Crippen LogP contribution in [-0.2, 0) is 0 Å². The second-order valence-electron chi connectivity index (χ2n) is 3.81. The summed E-state index contributed by atoms with van der Waals surface area (Å²) in [6, 6.07) is 0.0670. The minimum Gasteiger partial charge on any atom is -0.418 e. The van der Waals surface area contributed by atoms with Gasteiger partial charge in [-0.3, -0.25) is 0 Å². The van der Waals surface area contributed by atoms with Gasteiger partial charge in [0.15, 0.2) is 0 Å². The lowest BCUT2D eigenvalue weighted by Gasteiger charge is -2.07. The smallest absolute Gasteiger partial charge is 0.261 e. The van der Waals surface area contributed by atoms with Crippen LogP contribution in [0.3, 0.4) is 0 Å². The monoisotopic (exact) mass is 253 g/mol. The van der Waals surface area contributed by atoms with Gasteiger partial charge in [-0.2, -0.15) is 0 Å². The van der Waals surface area contributed by atoms with Gasteiger partial charge in [0.25, 0.3) is 5.89 Å². The molecule has 1 atom stereocenters. The molecule has 6 nitrogen and oxygen atoms in total. The summed E-state index contributed by atoms with van der Waals surface area (Å²) in [4.78, 5) is 0.839. The summed E-state index contributed by atoms with van der Waals surface area (Å²) in [6.45, 7) is 6.93. The zero-order chi connectivity index (χ0) is 12.3. The third-order valence-electron chi connectivity index (χ3n) is 2.36. The van der Waals surface area contributed by atoms with Crippen LogP contribution in [0.2, 0.25) is 0 Å². The molecule has 0 spiro atoms. The lowest BCUT2D eigenvalue weighted by atomic mass is 10.3.